The zero-order valence-corrected chi connectivity index (χ0v) is 16.6. The molecule has 6 rings (SSSR count). The van der Waals surface area contributed by atoms with E-state index in [9.17, 15) is 4.79 Å². The number of fused-ring (bicyclic) bond motifs is 4. The Morgan fingerprint density at radius 2 is 1.93 bits per heavy atom. The van der Waals surface area contributed by atoms with Gasteiger partial charge in [-0.15, -0.1) is 0 Å². The van der Waals surface area contributed by atoms with Crippen molar-refractivity contribution in [3.63, 3.8) is 0 Å². The minimum Gasteiger partial charge on any atom is -0.465 e. The van der Waals surface area contributed by atoms with E-state index in [4.69, 9.17) is 4.42 Å². The molecule has 3 aromatic rings. The van der Waals surface area contributed by atoms with Gasteiger partial charge in [0.15, 0.2) is 0 Å². The lowest BCUT2D eigenvalue weighted by molar-refractivity contribution is 0.0674. The minimum atomic E-state index is -0.126. The lowest BCUT2D eigenvalue weighted by atomic mass is 9.82. The van der Waals surface area contributed by atoms with Gasteiger partial charge in [-0.1, -0.05) is 12.1 Å². The van der Waals surface area contributed by atoms with Gasteiger partial charge in [-0.25, -0.2) is 0 Å². The maximum Gasteiger partial charge on any atom is 0.257 e. The Morgan fingerprint density at radius 1 is 1.14 bits per heavy atom. The third-order valence-corrected chi connectivity index (χ3v) is 6.83. The number of amides is 1. The monoisotopic (exact) mass is 387 g/mol. The van der Waals surface area contributed by atoms with E-state index in [0.717, 1.165) is 48.7 Å². The number of para-hydroxylation sites is 2. The number of benzene rings is 1. The number of furan rings is 1. The molecule has 1 aromatic carbocycles. The number of nitrogens with zero attached hydrogens (tertiary/aromatic N) is 2. The number of carbonyl (C=O) groups is 1. The lowest BCUT2D eigenvalue weighted by Crippen LogP contribution is -2.51. The highest BCUT2D eigenvalue weighted by Gasteiger charge is 2.42. The summed E-state index contributed by atoms with van der Waals surface area (Å²) in [6.45, 7) is 3.39. The SMILES string of the molecule is Cc1oc(C2CC2)cc1C(=O)N1CCC2(CC1)Nc1ccccc1-n1cccc12. The summed E-state index contributed by atoms with van der Waals surface area (Å²) in [6.07, 6.45) is 6.29. The fourth-order valence-electron chi connectivity index (χ4n) is 5.02. The topological polar surface area (TPSA) is 50.4 Å². The van der Waals surface area contributed by atoms with Crippen molar-refractivity contribution in [2.24, 2.45) is 0 Å². The summed E-state index contributed by atoms with van der Waals surface area (Å²) in [5, 5.41) is 3.82. The Labute approximate surface area is 170 Å². The predicted octanol–water partition coefficient (Wildman–Crippen LogP) is 4.81. The summed E-state index contributed by atoms with van der Waals surface area (Å²) in [5.41, 5.74) is 4.26. The van der Waals surface area contributed by atoms with Crippen LogP contribution in [0.2, 0.25) is 0 Å². The first-order chi connectivity index (χ1) is 14.1. The van der Waals surface area contributed by atoms with Crippen LogP contribution < -0.4 is 5.32 Å². The van der Waals surface area contributed by atoms with Gasteiger partial charge < -0.3 is 19.2 Å². The molecular weight excluding hydrogens is 362 g/mol. The van der Waals surface area contributed by atoms with Gasteiger partial charge in [-0.3, -0.25) is 4.79 Å². The van der Waals surface area contributed by atoms with Crippen LogP contribution in [0, 0.1) is 6.92 Å². The Morgan fingerprint density at radius 3 is 2.72 bits per heavy atom. The fourth-order valence-corrected chi connectivity index (χ4v) is 5.02. The Kier molecular flexibility index (Phi) is 3.52. The molecule has 2 fully saturated rings. The van der Waals surface area contributed by atoms with Crippen molar-refractivity contribution >= 4 is 11.6 Å². The summed E-state index contributed by atoms with van der Waals surface area (Å²) in [4.78, 5) is 15.2. The first-order valence-corrected chi connectivity index (χ1v) is 10.6. The van der Waals surface area contributed by atoms with Crippen molar-refractivity contribution in [1.82, 2.24) is 9.47 Å². The van der Waals surface area contributed by atoms with Gasteiger partial charge in [0.25, 0.3) is 5.91 Å². The first-order valence-electron chi connectivity index (χ1n) is 10.6. The molecule has 1 amide bonds. The Hall–Kier alpha value is -2.95. The van der Waals surface area contributed by atoms with Gasteiger partial charge in [0.2, 0.25) is 0 Å². The van der Waals surface area contributed by atoms with Crippen molar-refractivity contribution in [3.05, 3.63) is 71.4 Å². The van der Waals surface area contributed by atoms with Crippen LogP contribution in [-0.4, -0.2) is 28.5 Å². The molecule has 1 N–H and O–H groups in total. The van der Waals surface area contributed by atoms with E-state index in [1.54, 1.807) is 0 Å². The second-order valence-electron chi connectivity index (χ2n) is 8.67. The highest BCUT2D eigenvalue weighted by atomic mass is 16.3. The van der Waals surface area contributed by atoms with Gasteiger partial charge >= 0.3 is 0 Å². The molecule has 0 bridgehead atoms. The average molecular weight is 387 g/mol. The van der Waals surface area contributed by atoms with Crippen LogP contribution in [0.5, 0.6) is 0 Å². The third-order valence-electron chi connectivity index (χ3n) is 6.83. The second-order valence-corrected chi connectivity index (χ2v) is 8.67. The fraction of sp³-hybridized carbons (Fsp3) is 0.375. The van der Waals surface area contributed by atoms with Crippen LogP contribution in [-0.2, 0) is 5.54 Å². The van der Waals surface area contributed by atoms with Crippen molar-refractivity contribution in [1.29, 1.82) is 0 Å². The number of aromatic nitrogens is 1. The molecule has 0 radical (unpaired) electrons. The average Bonchev–Trinajstić information content (AvgIpc) is 3.32. The van der Waals surface area contributed by atoms with Crippen molar-refractivity contribution < 1.29 is 9.21 Å². The van der Waals surface area contributed by atoms with E-state index in [2.05, 4.69) is 52.5 Å². The molecule has 2 aliphatic heterocycles. The molecule has 1 saturated heterocycles. The molecule has 4 heterocycles. The molecule has 0 atom stereocenters. The number of hydrogen-bond acceptors (Lipinski definition) is 3. The molecule has 5 nitrogen and oxygen atoms in total. The zero-order chi connectivity index (χ0) is 19.6. The van der Waals surface area contributed by atoms with Crippen LogP contribution in [0.25, 0.3) is 5.69 Å². The molecule has 2 aromatic heterocycles. The van der Waals surface area contributed by atoms with Gasteiger partial charge in [0.1, 0.15) is 11.5 Å². The zero-order valence-electron chi connectivity index (χ0n) is 16.6. The molecule has 5 heteroatoms. The van der Waals surface area contributed by atoms with E-state index in [1.165, 1.54) is 24.2 Å². The molecule has 1 aliphatic carbocycles. The van der Waals surface area contributed by atoms with Gasteiger partial charge in [0.05, 0.1) is 22.5 Å². The van der Waals surface area contributed by atoms with E-state index in [-0.39, 0.29) is 11.4 Å². The van der Waals surface area contributed by atoms with Crippen molar-refractivity contribution in [2.45, 2.75) is 44.1 Å². The van der Waals surface area contributed by atoms with Gasteiger partial charge in [-0.2, -0.15) is 0 Å². The van der Waals surface area contributed by atoms with Gasteiger partial charge in [-0.05, 0) is 62.9 Å². The number of carbonyl (C=O) groups excluding carboxylic acids is 1. The molecule has 1 spiro atoms. The lowest BCUT2D eigenvalue weighted by Gasteiger charge is -2.46. The largest absolute Gasteiger partial charge is 0.465 e. The Balaban J connectivity index is 1.25. The van der Waals surface area contributed by atoms with Crippen LogP contribution in [0.1, 0.15) is 59.2 Å². The highest BCUT2D eigenvalue weighted by molar-refractivity contribution is 5.95. The van der Waals surface area contributed by atoms with E-state index in [0.29, 0.717) is 5.92 Å². The normalized spacial score (nSPS) is 19.6. The van der Waals surface area contributed by atoms with Crippen molar-refractivity contribution in [2.75, 3.05) is 18.4 Å². The Bertz CT molecular complexity index is 1100. The molecule has 29 heavy (non-hydrogen) atoms. The highest BCUT2D eigenvalue weighted by Crippen LogP contribution is 2.44. The number of nitrogens with one attached hydrogen (secondary N) is 1. The molecule has 1 saturated carbocycles. The summed E-state index contributed by atoms with van der Waals surface area (Å²) in [6, 6.07) is 14.8. The maximum atomic E-state index is 13.2. The molecular formula is C24H25N3O2. The van der Waals surface area contributed by atoms with Gasteiger partial charge in [0, 0.05) is 30.9 Å². The standard InChI is InChI=1S/C24H25N3O2/c1-16-18(15-21(29-16)17-8-9-17)23(28)26-13-10-24(11-14-26)22-7-4-12-27(22)20-6-3-2-5-19(20)25-24/h2-7,12,15,17,25H,8-11,13-14H2,1H3. The van der Waals surface area contributed by atoms with E-state index < -0.39 is 0 Å². The summed E-state index contributed by atoms with van der Waals surface area (Å²) < 4.78 is 8.17. The molecule has 0 unspecified atom stereocenters. The van der Waals surface area contributed by atoms with Crippen LogP contribution in [0.4, 0.5) is 5.69 Å². The molecule has 3 aliphatic rings. The quantitative estimate of drug-likeness (QED) is 0.686. The second kappa shape index (κ2) is 6.02. The number of anilines is 1. The van der Waals surface area contributed by atoms with E-state index >= 15 is 0 Å². The number of likely N-dealkylation sites (tertiary alicyclic amines) is 1. The van der Waals surface area contributed by atoms with Crippen molar-refractivity contribution in [3.8, 4) is 5.69 Å². The van der Waals surface area contributed by atoms with Crippen LogP contribution in [0.3, 0.4) is 0 Å². The van der Waals surface area contributed by atoms with Crippen LogP contribution in [0.15, 0.2) is 53.1 Å². The number of hydrogen-bond donors (Lipinski definition) is 1. The predicted molar refractivity (Wildman–Crippen MR) is 112 cm³/mol. The number of aryl methyl sites for hydroxylation is 1. The summed E-state index contributed by atoms with van der Waals surface area (Å²) in [7, 11) is 0. The smallest absolute Gasteiger partial charge is 0.257 e. The third kappa shape index (κ3) is 2.56. The number of piperidine rings is 1. The number of rotatable bonds is 2. The summed E-state index contributed by atoms with van der Waals surface area (Å²) in [5.74, 6) is 2.39. The van der Waals surface area contributed by atoms with E-state index in [1.807, 2.05) is 17.9 Å². The summed E-state index contributed by atoms with van der Waals surface area (Å²) >= 11 is 0. The molecule has 148 valence electrons. The first kappa shape index (κ1) is 17.0. The minimum absolute atomic E-state index is 0.111. The van der Waals surface area contributed by atoms with Crippen LogP contribution >= 0.6 is 0 Å². The maximum absolute atomic E-state index is 13.2.